The molecule has 0 spiro atoms. The van der Waals surface area contributed by atoms with E-state index >= 15 is 0 Å². The molecule has 3 rings (SSSR count). The summed E-state index contributed by atoms with van der Waals surface area (Å²) >= 11 is 0. The predicted octanol–water partition coefficient (Wildman–Crippen LogP) is 1.58. The van der Waals surface area contributed by atoms with Gasteiger partial charge in [0.05, 0.1) is 25.9 Å². The fourth-order valence-corrected chi connectivity index (χ4v) is 3.28. The van der Waals surface area contributed by atoms with E-state index in [9.17, 15) is 9.90 Å². The topological polar surface area (TPSA) is 63.9 Å². The summed E-state index contributed by atoms with van der Waals surface area (Å²) in [6.45, 7) is 4.01. The minimum Gasteiger partial charge on any atom is -0.497 e. The zero-order chi connectivity index (χ0) is 17.3. The van der Waals surface area contributed by atoms with Crippen molar-refractivity contribution in [2.24, 2.45) is 13.0 Å². The maximum atomic E-state index is 13.2. The summed E-state index contributed by atoms with van der Waals surface area (Å²) in [5, 5.41) is 10.3. The first kappa shape index (κ1) is 16.8. The smallest absolute Gasteiger partial charge is 0.256 e. The van der Waals surface area contributed by atoms with Crippen molar-refractivity contribution in [1.82, 2.24) is 9.47 Å². The molecular weight excluding hydrogens is 308 g/mol. The van der Waals surface area contributed by atoms with Gasteiger partial charge in [0, 0.05) is 49.3 Å². The van der Waals surface area contributed by atoms with Crippen LogP contribution in [0.3, 0.4) is 0 Å². The van der Waals surface area contributed by atoms with Gasteiger partial charge in [-0.25, -0.2) is 0 Å². The Morgan fingerprint density at radius 1 is 1.46 bits per heavy atom. The number of ether oxygens (including phenoxy) is 2. The Morgan fingerprint density at radius 3 is 2.96 bits per heavy atom. The third-order valence-electron chi connectivity index (χ3n) is 4.80. The second kappa shape index (κ2) is 6.83. The molecule has 1 amide bonds. The molecule has 1 N–H and O–H groups in total. The molecule has 0 aliphatic carbocycles. The van der Waals surface area contributed by atoms with Gasteiger partial charge in [0.2, 0.25) is 0 Å². The lowest BCUT2D eigenvalue weighted by molar-refractivity contribution is 0.0729. The number of carbonyl (C=O) groups is 1. The number of benzene rings is 1. The van der Waals surface area contributed by atoms with Crippen LogP contribution in [0.2, 0.25) is 0 Å². The lowest BCUT2D eigenvalue weighted by atomic mass is 10.1. The maximum absolute atomic E-state index is 13.2. The molecule has 0 saturated carbocycles. The number of aliphatic hydroxyl groups is 1. The van der Waals surface area contributed by atoms with E-state index in [2.05, 4.69) is 0 Å². The molecular formula is C18H24N2O4. The molecule has 2 aromatic rings. The van der Waals surface area contributed by atoms with Crippen molar-refractivity contribution in [1.29, 1.82) is 0 Å². The molecule has 1 atom stereocenters. The molecule has 0 radical (unpaired) electrons. The van der Waals surface area contributed by atoms with Gasteiger partial charge in [0.15, 0.2) is 0 Å². The minimum absolute atomic E-state index is 0.0182. The van der Waals surface area contributed by atoms with E-state index in [1.165, 1.54) is 0 Å². The third kappa shape index (κ3) is 2.87. The van der Waals surface area contributed by atoms with E-state index in [1.54, 1.807) is 12.0 Å². The second-order valence-electron chi connectivity index (χ2n) is 6.28. The monoisotopic (exact) mass is 332 g/mol. The Hall–Kier alpha value is -2.05. The van der Waals surface area contributed by atoms with Crippen molar-refractivity contribution >= 4 is 16.8 Å². The Balaban J connectivity index is 2.04. The molecule has 130 valence electrons. The zero-order valence-electron chi connectivity index (χ0n) is 14.4. The molecule has 0 unspecified atom stereocenters. The molecule has 1 aliphatic rings. The third-order valence-corrected chi connectivity index (χ3v) is 4.80. The van der Waals surface area contributed by atoms with Crippen LogP contribution >= 0.6 is 0 Å². The summed E-state index contributed by atoms with van der Waals surface area (Å²) in [6.07, 6.45) is 0. The molecule has 0 bridgehead atoms. The van der Waals surface area contributed by atoms with Crippen LogP contribution in [0.15, 0.2) is 18.2 Å². The average molecular weight is 332 g/mol. The zero-order valence-corrected chi connectivity index (χ0v) is 14.4. The van der Waals surface area contributed by atoms with Crippen molar-refractivity contribution in [2.45, 2.75) is 6.92 Å². The number of fused-ring (bicyclic) bond motifs is 1. The second-order valence-corrected chi connectivity index (χ2v) is 6.28. The molecule has 1 aromatic carbocycles. The molecule has 24 heavy (non-hydrogen) atoms. The van der Waals surface area contributed by atoms with Crippen LogP contribution in [0, 0.1) is 12.8 Å². The summed E-state index contributed by atoms with van der Waals surface area (Å²) in [5.74, 6) is 0.672. The van der Waals surface area contributed by atoms with Gasteiger partial charge in [0.1, 0.15) is 5.75 Å². The SMILES string of the molecule is COc1ccc2c(c1)c(C(=O)N1CCOC[C@H](CO)C1)c(C)n2C. The highest BCUT2D eigenvalue weighted by atomic mass is 16.5. The van der Waals surface area contributed by atoms with Gasteiger partial charge in [-0.05, 0) is 25.1 Å². The number of methoxy groups -OCH3 is 1. The van der Waals surface area contributed by atoms with Crippen LogP contribution in [0.4, 0.5) is 0 Å². The number of aryl methyl sites for hydroxylation is 1. The number of amides is 1. The molecule has 6 nitrogen and oxygen atoms in total. The minimum atomic E-state index is -0.0405. The molecule has 1 aliphatic heterocycles. The lowest BCUT2D eigenvalue weighted by Crippen LogP contribution is -2.37. The molecule has 1 aromatic heterocycles. The largest absolute Gasteiger partial charge is 0.497 e. The fourth-order valence-electron chi connectivity index (χ4n) is 3.28. The Kier molecular flexibility index (Phi) is 4.78. The highest BCUT2D eigenvalue weighted by Crippen LogP contribution is 2.30. The van der Waals surface area contributed by atoms with Crippen LogP contribution in [-0.4, -0.2) is 60.5 Å². The number of carbonyl (C=O) groups excluding carboxylic acids is 1. The van der Waals surface area contributed by atoms with Crippen molar-refractivity contribution in [3.05, 3.63) is 29.5 Å². The van der Waals surface area contributed by atoms with Crippen LogP contribution < -0.4 is 4.74 Å². The van der Waals surface area contributed by atoms with Crippen molar-refractivity contribution in [3.63, 3.8) is 0 Å². The van der Waals surface area contributed by atoms with Crippen LogP contribution in [0.5, 0.6) is 5.75 Å². The van der Waals surface area contributed by atoms with Crippen molar-refractivity contribution in [2.75, 3.05) is 40.0 Å². The summed E-state index contributed by atoms with van der Waals surface area (Å²) in [4.78, 5) is 15.0. The van der Waals surface area contributed by atoms with E-state index < -0.39 is 0 Å². The van der Waals surface area contributed by atoms with Gasteiger partial charge in [-0.15, -0.1) is 0 Å². The van der Waals surface area contributed by atoms with E-state index in [4.69, 9.17) is 9.47 Å². The van der Waals surface area contributed by atoms with Gasteiger partial charge in [-0.2, -0.15) is 0 Å². The van der Waals surface area contributed by atoms with Gasteiger partial charge in [-0.1, -0.05) is 0 Å². The Bertz CT molecular complexity index is 753. The first-order chi connectivity index (χ1) is 11.6. The number of rotatable bonds is 3. The number of nitrogens with zero attached hydrogens (tertiary/aromatic N) is 2. The first-order valence-corrected chi connectivity index (χ1v) is 8.17. The van der Waals surface area contributed by atoms with Crippen LogP contribution in [0.1, 0.15) is 16.1 Å². The fraction of sp³-hybridized carbons (Fsp3) is 0.500. The normalized spacial score (nSPS) is 18.7. The molecule has 6 heteroatoms. The van der Waals surface area contributed by atoms with Gasteiger partial charge < -0.3 is 24.0 Å². The maximum Gasteiger partial charge on any atom is 0.256 e. The Morgan fingerprint density at radius 2 is 2.25 bits per heavy atom. The first-order valence-electron chi connectivity index (χ1n) is 8.17. The van der Waals surface area contributed by atoms with Crippen LogP contribution in [-0.2, 0) is 11.8 Å². The van der Waals surface area contributed by atoms with Crippen molar-refractivity contribution in [3.8, 4) is 5.75 Å². The Labute approximate surface area is 141 Å². The number of aromatic nitrogens is 1. The molecule has 1 saturated heterocycles. The van der Waals surface area contributed by atoms with Gasteiger partial charge in [-0.3, -0.25) is 4.79 Å². The van der Waals surface area contributed by atoms with E-state index in [1.807, 2.05) is 36.7 Å². The summed E-state index contributed by atoms with van der Waals surface area (Å²) in [6, 6.07) is 5.78. The standard InChI is InChI=1S/C18H24N2O4/c1-12-17(15-8-14(23-3)4-5-16(15)19(12)2)18(22)20-6-7-24-11-13(9-20)10-21/h4-5,8,13,21H,6-7,9-11H2,1-3H3/t13-/m0/s1. The highest BCUT2D eigenvalue weighted by Gasteiger charge is 2.27. The number of hydrogen-bond donors (Lipinski definition) is 1. The van der Waals surface area contributed by atoms with E-state index in [0.717, 1.165) is 22.3 Å². The molecule has 2 heterocycles. The summed E-state index contributed by atoms with van der Waals surface area (Å²) in [5.41, 5.74) is 2.63. The van der Waals surface area contributed by atoms with Gasteiger partial charge >= 0.3 is 0 Å². The van der Waals surface area contributed by atoms with E-state index in [0.29, 0.717) is 31.9 Å². The van der Waals surface area contributed by atoms with Crippen molar-refractivity contribution < 1.29 is 19.4 Å². The number of hydrogen-bond acceptors (Lipinski definition) is 4. The summed E-state index contributed by atoms with van der Waals surface area (Å²) in [7, 11) is 3.58. The van der Waals surface area contributed by atoms with Crippen LogP contribution in [0.25, 0.3) is 10.9 Å². The lowest BCUT2D eigenvalue weighted by Gasteiger charge is -2.23. The number of aliphatic hydroxyl groups excluding tert-OH is 1. The quantitative estimate of drug-likeness (QED) is 0.927. The highest BCUT2D eigenvalue weighted by molar-refractivity contribution is 6.08. The predicted molar refractivity (Wildman–Crippen MR) is 91.5 cm³/mol. The average Bonchev–Trinajstić information content (AvgIpc) is 2.77. The van der Waals surface area contributed by atoms with Gasteiger partial charge in [0.25, 0.3) is 5.91 Å². The summed E-state index contributed by atoms with van der Waals surface area (Å²) < 4.78 is 12.8. The van der Waals surface area contributed by atoms with E-state index in [-0.39, 0.29) is 18.4 Å². The molecule has 1 fully saturated rings.